The molecule has 32 heavy (non-hydrogen) atoms. The molecule has 0 aromatic heterocycles. The zero-order valence-electron chi connectivity index (χ0n) is 18.7. The second-order valence-electron chi connectivity index (χ2n) is 7.60. The lowest BCUT2D eigenvalue weighted by Crippen LogP contribution is -2.13. The van der Waals surface area contributed by atoms with Crippen LogP contribution in [0.3, 0.4) is 0 Å². The van der Waals surface area contributed by atoms with E-state index in [9.17, 15) is 10.1 Å². The van der Waals surface area contributed by atoms with Crippen molar-refractivity contribution >= 4 is 17.7 Å². The monoisotopic (exact) mass is 426 g/mol. The first kappa shape index (κ1) is 22.6. The summed E-state index contributed by atoms with van der Waals surface area (Å²) in [5.74, 6) is 0.672. The SMILES string of the molecule is COc1ccc(/C=C(\C#N)C(=O)Nc2ccc(C)cc2)c(OCc2ccc(C)c(C)c2)c1. The number of anilines is 1. The summed E-state index contributed by atoms with van der Waals surface area (Å²) in [5.41, 5.74) is 5.75. The summed E-state index contributed by atoms with van der Waals surface area (Å²) in [4.78, 5) is 12.6. The summed E-state index contributed by atoms with van der Waals surface area (Å²) < 4.78 is 11.4. The third kappa shape index (κ3) is 5.77. The van der Waals surface area contributed by atoms with Crippen LogP contribution in [-0.2, 0) is 11.4 Å². The Bertz CT molecular complexity index is 1190. The highest BCUT2D eigenvalue weighted by molar-refractivity contribution is 6.09. The molecule has 1 N–H and O–H groups in total. The molecule has 0 unspecified atom stereocenters. The molecule has 0 bridgehead atoms. The van der Waals surface area contributed by atoms with Gasteiger partial charge in [0, 0.05) is 17.3 Å². The van der Waals surface area contributed by atoms with Crippen LogP contribution in [0, 0.1) is 32.1 Å². The minimum Gasteiger partial charge on any atom is -0.497 e. The summed E-state index contributed by atoms with van der Waals surface area (Å²) in [6, 6.07) is 20.8. The van der Waals surface area contributed by atoms with Gasteiger partial charge in [-0.05, 0) is 67.8 Å². The van der Waals surface area contributed by atoms with E-state index in [2.05, 4.69) is 31.3 Å². The number of carbonyl (C=O) groups is 1. The summed E-state index contributed by atoms with van der Waals surface area (Å²) in [5, 5.41) is 12.3. The zero-order valence-corrected chi connectivity index (χ0v) is 18.7. The molecule has 1 amide bonds. The van der Waals surface area contributed by atoms with Gasteiger partial charge in [0.05, 0.1) is 7.11 Å². The Morgan fingerprint density at radius 3 is 2.41 bits per heavy atom. The first-order chi connectivity index (χ1) is 15.4. The van der Waals surface area contributed by atoms with Crippen molar-refractivity contribution < 1.29 is 14.3 Å². The Hall–Kier alpha value is -4.04. The second-order valence-corrected chi connectivity index (χ2v) is 7.60. The molecule has 162 valence electrons. The van der Waals surface area contributed by atoms with Crippen molar-refractivity contribution in [2.45, 2.75) is 27.4 Å². The fourth-order valence-corrected chi connectivity index (χ4v) is 3.08. The molecule has 5 nitrogen and oxygen atoms in total. The molecule has 0 aliphatic heterocycles. The highest BCUT2D eigenvalue weighted by Crippen LogP contribution is 2.28. The molecule has 3 aromatic rings. The van der Waals surface area contributed by atoms with Crippen molar-refractivity contribution in [3.8, 4) is 17.6 Å². The van der Waals surface area contributed by atoms with E-state index in [1.807, 2.05) is 31.2 Å². The topological polar surface area (TPSA) is 71.3 Å². The molecule has 0 heterocycles. The van der Waals surface area contributed by atoms with Crippen LogP contribution in [0.2, 0.25) is 0 Å². The number of rotatable bonds is 7. The number of nitrogens with one attached hydrogen (secondary N) is 1. The fraction of sp³-hybridized carbons (Fsp3) is 0.185. The third-order valence-corrected chi connectivity index (χ3v) is 5.16. The van der Waals surface area contributed by atoms with Gasteiger partial charge in [-0.1, -0.05) is 35.9 Å². The van der Waals surface area contributed by atoms with Crippen LogP contribution in [0.15, 0.2) is 66.2 Å². The standard InChI is InChI=1S/C27H26N2O3/c1-18-5-10-24(11-6-18)29-27(30)23(16-28)14-22-9-12-25(31-4)15-26(22)32-17-21-8-7-19(2)20(3)13-21/h5-15H,17H2,1-4H3,(H,29,30)/b23-14+. The van der Waals surface area contributed by atoms with E-state index in [0.29, 0.717) is 29.4 Å². The molecular formula is C27H26N2O3. The summed E-state index contributed by atoms with van der Waals surface area (Å²) in [6.45, 7) is 6.45. The first-order valence-corrected chi connectivity index (χ1v) is 10.3. The quantitative estimate of drug-likeness (QED) is 0.386. The fourth-order valence-electron chi connectivity index (χ4n) is 3.08. The van der Waals surface area contributed by atoms with Gasteiger partial charge in [0.15, 0.2) is 0 Å². The maximum absolute atomic E-state index is 12.6. The van der Waals surface area contributed by atoms with Crippen LogP contribution in [0.4, 0.5) is 5.69 Å². The number of ether oxygens (including phenoxy) is 2. The molecule has 3 rings (SSSR count). The number of carbonyl (C=O) groups excluding carboxylic acids is 1. The normalized spacial score (nSPS) is 10.9. The van der Waals surface area contributed by atoms with Crippen molar-refractivity contribution in [3.63, 3.8) is 0 Å². The molecule has 0 spiro atoms. The van der Waals surface area contributed by atoms with Gasteiger partial charge in [0.1, 0.15) is 29.7 Å². The van der Waals surface area contributed by atoms with Gasteiger partial charge in [-0.15, -0.1) is 0 Å². The van der Waals surface area contributed by atoms with E-state index >= 15 is 0 Å². The van der Waals surface area contributed by atoms with Crippen molar-refractivity contribution in [1.29, 1.82) is 5.26 Å². The van der Waals surface area contributed by atoms with Crippen molar-refractivity contribution in [2.75, 3.05) is 12.4 Å². The lowest BCUT2D eigenvalue weighted by atomic mass is 10.1. The largest absolute Gasteiger partial charge is 0.497 e. The molecule has 0 atom stereocenters. The number of methoxy groups -OCH3 is 1. The number of hydrogen-bond donors (Lipinski definition) is 1. The van der Waals surface area contributed by atoms with Gasteiger partial charge < -0.3 is 14.8 Å². The Kier molecular flexibility index (Phi) is 7.30. The number of nitrogens with zero attached hydrogens (tertiary/aromatic N) is 1. The Morgan fingerprint density at radius 2 is 1.75 bits per heavy atom. The predicted molar refractivity (Wildman–Crippen MR) is 127 cm³/mol. The molecule has 0 saturated heterocycles. The second kappa shape index (κ2) is 10.3. The zero-order chi connectivity index (χ0) is 23.1. The lowest BCUT2D eigenvalue weighted by molar-refractivity contribution is -0.112. The maximum Gasteiger partial charge on any atom is 0.266 e. The Labute approximate surface area is 188 Å². The van der Waals surface area contributed by atoms with Gasteiger partial charge in [-0.2, -0.15) is 5.26 Å². The number of hydrogen-bond acceptors (Lipinski definition) is 4. The van der Waals surface area contributed by atoms with Gasteiger partial charge >= 0.3 is 0 Å². The molecular weight excluding hydrogens is 400 g/mol. The summed E-state index contributed by atoms with van der Waals surface area (Å²) >= 11 is 0. The van der Waals surface area contributed by atoms with Crippen LogP contribution in [0.1, 0.15) is 27.8 Å². The van der Waals surface area contributed by atoms with Gasteiger partial charge in [-0.3, -0.25) is 4.79 Å². The van der Waals surface area contributed by atoms with Crippen molar-refractivity contribution in [2.24, 2.45) is 0 Å². The molecule has 5 heteroatoms. The molecule has 0 radical (unpaired) electrons. The number of amides is 1. The number of aryl methyl sites for hydroxylation is 3. The van der Waals surface area contributed by atoms with E-state index < -0.39 is 5.91 Å². The van der Waals surface area contributed by atoms with Gasteiger partial charge in [0.2, 0.25) is 0 Å². The number of benzene rings is 3. The van der Waals surface area contributed by atoms with E-state index in [0.717, 1.165) is 11.1 Å². The number of nitriles is 1. The Morgan fingerprint density at radius 1 is 1.00 bits per heavy atom. The Balaban J connectivity index is 1.85. The van der Waals surface area contributed by atoms with E-state index in [1.165, 1.54) is 17.2 Å². The van der Waals surface area contributed by atoms with Crippen LogP contribution in [-0.4, -0.2) is 13.0 Å². The first-order valence-electron chi connectivity index (χ1n) is 10.3. The smallest absolute Gasteiger partial charge is 0.266 e. The van der Waals surface area contributed by atoms with Crippen LogP contribution < -0.4 is 14.8 Å². The predicted octanol–water partition coefficient (Wildman–Crippen LogP) is 5.75. The summed E-state index contributed by atoms with van der Waals surface area (Å²) in [6.07, 6.45) is 1.53. The van der Waals surface area contributed by atoms with Gasteiger partial charge in [-0.25, -0.2) is 0 Å². The maximum atomic E-state index is 12.6. The van der Waals surface area contributed by atoms with Crippen molar-refractivity contribution in [1.82, 2.24) is 0 Å². The highest BCUT2D eigenvalue weighted by atomic mass is 16.5. The minimum absolute atomic E-state index is 0.0215. The van der Waals surface area contributed by atoms with Gasteiger partial charge in [0.25, 0.3) is 5.91 Å². The van der Waals surface area contributed by atoms with Crippen LogP contribution >= 0.6 is 0 Å². The molecule has 0 fully saturated rings. The van der Waals surface area contributed by atoms with E-state index in [-0.39, 0.29) is 5.57 Å². The van der Waals surface area contributed by atoms with E-state index in [1.54, 1.807) is 37.4 Å². The molecule has 0 aliphatic carbocycles. The highest BCUT2D eigenvalue weighted by Gasteiger charge is 2.13. The third-order valence-electron chi connectivity index (χ3n) is 5.16. The molecule has 3 aromatic carbocycles. The minimum atomic E-state index is -0.479. The molecule has 0 saturated carbocycles. The average molecular weight is 427 g/mol. The van der Waals surface area contributed by atoms with E-state index in [4.69, 9.17) is 9.47 Å². The lowest BCUT2D eigenvalue weighted by Gasteiger charge is -2.13. The van der Waals surface area contributed by atoms with Crippen LogP contribution in [0.5, 0.6) is 11.5 Å². The van der Waals surface area contributed by atoms with Crippen LogP contribution in [0.25, 0.3) is 6.08 Å². The summed E-state index contributed by atoms with van der Waals surface area (Å²) in [7, 11) is 1.58. The molecule has 0 aliphatic rings. The van der Waals surface area contributed by atoms with Crippen molar-refractivity contribution in [3.05, 3.63) is 94.1 Å². The average Bonchev–Trinajstić information content (AvgIpc) is 2.80.